The molecule has 0 saturated heterocycles. The van der Waals surface area contributed by atoms with Gasteiger partial charge >= 0.3 is 5.97 Å². The van der Waals surface area contributed by atoms with Gasteiger partial charge in [-0.1, -0.05) is 13.8 Å². The van der Waals surface area contributed by atoms with E-state index in [0.717, 1.165) is 0 Å². The van der Waals surface area contributed by atoms with E-state index in [2.05, 4.69) is 21.2 Å². The number of carbonyl (C=O) groups is 2. The summed E-state index contributed by atoms with van der Waals surface area (Å²) in [6.45, 7) is 3.80. The summed E-state index contributed by atoms with van der Waals surface area (Å²) in [5.41, 5.74) is 0.291. The van der Waals surface area contributed by atoms with Crippen LogP contribution >= 0.6 is 15.9 Å². The summed E-state index contributed by atoms with van der Waals surface area (Å²) in [5.74, 6) is -0.524. The molecule has 0 aliphatic carbocycles. The molecule has 6 nitrogen and oxygen atoms in total. The van der Waals surface area contributed by atoms with Crippen LogP contribution in [0.15, 0.2) is 16.6 Å². The second-order valence-corrected chi connectivity index (χ2v) is 6.04. The van der Waals surface area contributed by atoms with Crippen molar-refractivity contribution in [1.29, 1.82) is 0 Å². The van der Waals surface area contributed by atoms with Crippen molar-refractivity contribution in [2.24, 2.45) is 5.92 Å². The molecule has 0 saturated carbocycles. The maximum atomic E-state index is 12.3. The lowest BCUT2D eigenvalue weighted by Crippen LogP contribution is -2.41. The van der Waals surface area contributed by atoms with E-state index in [1.807, 2.05) is 13.8 Å². The summed E-state index contributed by atoms with van der Waals surface area (Å²) in [7, 11) is 2.95. The maximum absolute atomic E-state index is 12.3. The molecule has 1 aromatic rings. The number of carboxylic acids is 1. The van der Waals surface area contributed by atoms with E-state index in [1.54, 1.807) is 6.07 Å². The van der Waals surface area contributed by atoms with Crippen molar-refractivity contribution in [2.75, 3.05) is 14.2 Å². The van der Waals surface area contributed by atoms with Gasteiger partial charge in [0.1, 0.15) is 6.04 Å². The number of amides is 1. The van der Waals surface area contributed by atoms with Gasteiger partial charge < -0.3 is 19.9 Å². The van der Waals surface area contributed by atoms with Crippen molar-refractivity contribution < 1.29 is 24.2 Å². The topological polar surface area (TPSA) is 84.9 Å². The first-order chi connectivity index (χ1) is 10.3. The van der Waals surface area contributed by atoms with Crippen LogP contribution in [0, 0.1) is 5.92 Å². The Balaban J connectivity index is 3.02. The quantitative estimate of drug-likeness (QED) is 0.767. The minimum absolute atomic E-state index is 0.151. The van der Waals surface area contributed by atoms with E-state index in [4.69, 9.17) is 9.47 Å². The number of benzene rings is 1. The molecular weight excluding hydrogens is 354 g/mol. The van der Waals surface area contributed by atoms with Crippen molar-refractivity contribution in [3.63, 3.8) is 0 Å². The lowest BCUT2D eigenvalue weighted by molar-refractivity contribution is -0.139. The highest BCUT2D eigenvalue weighted by molar-refractivity contribution is 9.10. The molecule has 1 aromatic carbocycles. The zero-order valence-electron chi connectivity index (χ0n) is 13.0. The van der Waals surface area contributed by atoms with Crippen molar-refractivity contribution in [1.82, 2.24) is 5.32 Å². The van der Waals surface area contributed by atoms with Crippen molar-refractivity contribution in [3.8, 4) is 11.5 Å². The molecule has 2 N–H and O–H groups in total. The summed E-state index contributed by atoms with van der Waals surface area (Å²) in [4.78, 5) is 23.5. The largest absolute Gasteiger partial charge is 0.493 e. The Kier molecular flexibility index (Phi) is 6.67. The normalized spacial score (nSPS) is 11.9. The van der Waals surface area contributed by atoms with Crippen LogP contribution < -0.4 is 14.8 Å². The van der Waals surface area contributed by atoms with E-state index in [-0.39, 0.29) is 5.92 Å². The first kappa shape index (κ1) is 18.3. The predicted octanol–water partition coefficient (Wildman–Crippen LogP) is 2.70. The number of ether oxygens (including phenoxy) is 2. The van der Waals surface area contributed by atoms with Crippen LogP contribution in [0.1, 0.15) is 30.6 Å². The monoisotopic (exact) mass is 373 g/mol. The fraction of sp³-hybridized carbons (Fsp3) is 0.467. The van der Waals surface area contributed by atoms with Gasteiger partial charge in [0.2, 0.25) is 0 Å². The minimum atomic E-state index is -1.05. The maximum Gasteiger partial charge on any atom is 0.326 e. The molecule has 0 aromatic heterocycles. The third-order valence-corrected chi connectivity index (χ3v) is 3.60. The molecule has 0 heterocycles. The SMILES string of the molecule is COc1cc(C(=O)N[C@@H](CC(C)C)C(=O)O)cc(Br)c1OC. The second kappa shape index (κ2) is 8.03. The van der Waals surface area contributed by atoms with Crippen LogP contribution in [-0.4, -0.2) is 37.2 Å². The number of halogens is 1. The number of hydrogen-bond donors (Lipinski definition) is 2. The highest BCUT2D eigenvalue weighted by Crippen LogP contribution is 2.36. The fourth-order valence-electron chi connectivity index (χ4n) is 1.98. The Labute approximate surface area is 137 Å². The standard InChI is InChI=1S/C15H20BrNO5/c1-8(2)5-11(15(19)20)17-14(18)9-6-10(16)13(22-4)12(7-9)21-3/h6-8,11H,5H2,1-4H3,(H,17,18)(H,19,20)/t11-/m0/s1. The molecule has 0 fully saturated rings. The Morgan fingerprint density at radius 2 is 1.91 bits per heavy atom. The molecule has 0 radical (unpaired) electrons. The highest BCUT2D eigenvalue weighted by atomic mass is 79.9. The molecule has 0 unspecified atom stereocenters. The molecule has 0 spiro atoms. The third-order valence-electron chi connectivity index (χ3n) is 3.01. The Bertz CT molecular complexity index is 559. The molecule has 7 heteroatoms. The molecule has 0 aliphatic heterocycles. The van der Waals surface area contributed by atoms with Gasteiger partial charge in [0, 0.05) is 5.56 Å². The smallest absolute Gasteiger partial charge is 0.326 e. The number of methoxy groups -OCH3 is 2. The summed E-state index contributed by atoms with van der Waals surface area (Å²) >= 11 is 3.30. The number of rotatable bonds is 7. The summed E-state index contributed by atoms with van der Waals surface area (Å²) in [5, 5.41) is 11.7. The van der Waals surface area contributed by atoms with Crippen LogP contribution in [0.4, 0.5) is 0 Å². The molecule has 0 aliphatic rings. The number of carbonyl (C=O) groups excluding carboxylic acids is 1. The minimum Gasteiger partial charge on any atom is -0.493 e. The second-order valence-electron chi connectivity index (χ2n) is 5.19. The van der Waals surface area contributed by atoms with Gasteiger partial charge in [-0.2, -0.15) is 0 Å². The van der Waals surface area contributed by atoms with E-state index in [0.29, 0.717) is 28.0 Å². The Morgan fingerprint density at radius 3 is 2.36 bits per heavy atom. The first-order valence-electron chi connectivity index (χ1n) is 6.75. The third kappa shape index (κ3) is 4.62. The average Bonchev–Trinajstić information content (AvgIpc) is 2.44. The van der Waals surface area contributed by atoms with Gasteiger partial charge in [0.25, 0.3) is 5.91 Å². The molecular formula is C15H20BrNO5. The van der Waals surface area contributed by atoms with E-state index >= 15 is 0 Å². The number of carboxylic acid groups (broad SMARTS) is 1. The van der Waals surface area contributed by atoms with E-state index in [1.165, 1.54) is 20.3 Å². The molecule has 1 rings (SSSR count). The molecule has 22 heavy (non-hydrogen) atoms. The van der Waals surface area contributed by atoms with Crippen LogP contribution in [0.2, 0.25) is 0 Å². The van der Waals surface area contributed by atoms with Gasteiger partial charge in [-0.05, 0) is 40.4 Å². The van der Waals surface area contributed by atoms with Gasteiger partial charge in [-0.15, -0.1) is 0 Å². The van der Waals surface area contributed by atoms with Gasteiger partial charge in [-0.25, -0.2) is 4.79 Å². The zero-order valence-corrected chi connectivity index (χ0v) is 14.6. The van der Waals surface area contributed by atoms with Crippen molar-refractivity contribution >= 4 is 27.8 Å². The lowest BCUT2D eigenvalue weighted by atomic mass is 10.0. The van der Waals surface area contributed by atoms with Crippen molar-refractivity contribution in [2.45, 2.75) is 26.3 Å². The summed E-state index contributed by atoms with van der Waals surface area (Å²) in [6, 6.07) is 2.14. The number of aliphatic carboxylic acids is 1. The summed E-state index contributed by atoms with van der Waals surface area (Å²) in [6.07, 6.45) is 0.357. The highest BCUT2D eigenvalue weighted by Gasteiger charge is 2.23. The molecule has 1 amide bonds. The van der Waals surface area contributed by atoms with Gasteiger partial charge in [-0.3, -0.25) is 4.79 Å². The van der Waals surface area contributed by atoms with Gasteiger partial charge in [0.15, 0.2) is 11.5 Å². The fourth-order valence-corrected chi connectivity index (χ4v) is 2.59. The van der Waals surface area contributed by atoms with Gasteiger partial charge in [0.05, 0.1) is 18.7 Å². The van der Waals surface area contributed by atoms with E-state index in [9.17, 15) is 14.7 Å². The van der Waals surface area contributed by atoms with Crippen LogP contribution in [-0.2, 0) is 4.79 Å². The number of nitrogens with one attached hydrogen (secondary N) is 1. The molecule has 122 valence electrons. The summed E-state index contributed by atoms with van der Waals surface area (Å²) < 4.78 is 10.9. The number of hydrogen-bond acceptors (Lipinski definition) is 4. The van der Waals surface area contributed by atoms with Crippen LogP contribution in [0.25, 0.3) is 0 Å². The van der Waals surface area contributed by atoms with E-state index < -0.39 is 17.9 Å². The average molecular weight is 374 g/mol. The Hall–Kier alpha value is -1.76. The first-order valence-corrected chi connectivity index (χ1v) is 7.54. The predicted molar refractivity (Wildman–Crippen MR) is 85.6 cm³/mol. The van der Waals surface area contributed by atoms with Crippen molar-refractivity contribution in [3.05, 3.63) is 22.2 Å². The molecule has 0 bridgehead atoms. The zero-order chi connectivity index (χ0) is 16.9. The Morgan fingerprint density at radius 1 is 1.27 bits per heavy atom. The van der Waals surface area contributed by atoms with Crippen LogP contribution in [0.5, 0.6) is 11.5 Å². The molecule has 1 atom stereocenters. The van der Waals surface area contributed by atoms with Crippen LogP contribution in [0.3, 0.4) is 0 Å². The lowest BCUT2D eigenvalue weighted by Gasteiger charge is -2.17.